The lowest BCUT2D eigenvalue weighted by molar-refractivity contribution is -0.0657. The van der Waals surface area contributed by atoms with Crippen molar-refractivity contribution >= 4 is 16.6 Å². The van der Waals surface area contributed by atoms with Gasteiger partial charge < -0.3 is 18.5 Å². The molecule has 1 aromatic heterocycles. The molecule has 0 unspecified atom stereocenters. The Morgan fingerprint density at radius 1 is 0.967 bits per heavy atom. The highest BCUT2D eigenvalue weighted by Crippen LogP contribution is 2.44. The Kier molecular flexibility index (Phi) is 7.57. The molecular formula is C23H46N2O3Si2. The van der Waals surface area contributed by atoms with Crippen molar-refractivity contribution in [2.75, 3.05) is 0 Å². The van der Waals surface area contributed by atoms with Gasteiger partial charge in [0.15, 0.2) is 16.6 Å². The Morgan fingerprint density at radius 3 is 1.83 bits per heavy atom. The second-order valence-corrected chi connectivity index (χ2v) is 21.8. The van der Waals surface area contributed by atoms with Crippen molar-refractivity contribution in [3.8, 4) is 0 Å². The van der Waals surface area contributed by atoms with Crippen LogP contribution >= 0.6 is 0 Å². The SMILES string of the molecule is Cn1ccnc1C[C@H]1C[C@@H](O[Si](C)(C)C(C)(C)C)[C@@H](O[Si](C)(C)C(C)(C)C)C[C@@H]1O. The average molecular weight is 455 g/mol. The highest BCUT2D eigenvalue weighted by atomic mass is 28.4. The molecule has 7 heteroatoms. The third-order valence-electron chi connectivity index (χ3n) is 7.84. The van der Waals surface area contributed by atoms with Crippen LogP contribution < -0.4 is 0 Å². The summed E-state index contributed by atoms with van der Waals surface area (Å²) in [5, 5.41) is 11.3. The highest BCUT2D eigenvalue weighted by Gasteiger charge is 2.48. The fraction of sp³-hybridized carbons (Fsp3) is 0.870. The summed E-state index contributed by atoms with van der Waals surface area (Å²) in [6.45, 7) is 22.9. The summed E-state index contributed by atoms with van der Waals surface area (Å²) in [6.07, 6.45) is 5.61. The number of aliphatic hydroxyl groups is 1. The van der Waals surface area contributed by atoms with E-state index in [1.54, 1.807) is 0 Å². The number of aliphatic hydroxyl groups excluding tert-OH is 1. The van der Waals surface area contributed by atoms with Gasteiger partial charge in [-0.05, 0) is 48.6 Å². The zero-order valence-corrected chi connectivity index (χ0v) is 23.2. The first-order chi connectivity index (χ1) is 13.4. The van der Waals surface area contributed by atoms with E-state index in [4.69, 9.17) is 8.85 Å². The van der Waals surface area contributed by atoms with Crippen molar-refractivity contribution in [1.82, 2.24) is 9.55 Å². The van der Waals surface area contributed by atoms with Crippen LogP contribution in [0.4, 0.5) is 0 Å². The van der Waals surface area contributed by atoms with E-state index in [9.17, 15) is 5.11 Å². The summed E-state index contributed by atoms with van der Waals surface area (Å²) in [5.41, 5.74) is 0. The molecular weight excluding hydrogens is 408 g/mol. The molecule has 1 N–H and O–H groups in total. The third kappa shape index (κ3) is 5.85. The first-order valence-electron chi connectivity index (χ1n) is 11.4. The van der Waals surface area contributed by atoms with E-state index in [0.29, 0.717) is 6.42 Å². The number of aromatic nitrogens is 2. The molecule has 2 rings (SSSR count). The first kappa shape index (κ1) is 25.8. The van der Waals surface area contributed by atoms with Crippen LogP contribution in [0.25, 0.3) is 0 Å². The van der Waals surface area contributed by atoms with Crippen molar-refractivity contribution in [3.05, 3.63) is 18.2 Å². The molecule has 30 heavy (non-hydrogen) atoms. The van der Waals surface area contributed by atoms with Gasteiger partial charge in [-0.15, -0.1) is 0 Å². The summed E-state index contributed by atoms with van der Waals surface area (Å²) in [7, 11) is -1.92. The lowest BCUT2D eigenvalue weighted by Gasteiger charge is -2.49. The summed E-state index contributed by atoms with van der Waals surface area (Å²) >= 11 is 0. The van der Waals surface area contributed by atoms with E-state index in [2.05, 4.69) is 77.3 Å². The maximum Gasteiger partial charge on any atom is 0.192 e. The molecule has 1 aromatic rings. The normalized spacial score (nSPS) is 26.8. The molecule has 0 bridgehead atoms. The van der Waals surface area contributed by atoms with Crippen LogP contribution in [0.2, 0.25) is 36.3 Å². The van der Waals surface area contributed by atoms with Crippen molar-refractivity contribution in [3.63, 3.8) is 0 Å². The van der Waals surface area contributed by atoms with Gasteiger partial charge in [0.1, 0.15) is 5.82 Å². The van der Waals surface area contributed by atoms with Crippen LogP contribution in [0.1, 0.15) is 60.2 Å². The minimum Gasteiger partial charge on any atom is -0.411 e. The molecule has 1 aliphatic carbocycles. The van der Waals surface area contributed by atoms with Crippen LogP contribution in [-0.2, 0) is 22.3 Å². The number of aryl methyl sites for hydroxylation is 1. The minimum absolute atomic E-state index is 0.0219. The van der Waals surface area contributed by atoms with Gasteiger partial charge in [0.2, 0.25) is 0 Å². The largest absolute Gasteiger partial charge is 0.411 e. The van der Waals surface area contributed by atoms with E-state index in [0.717, 1.165) is 18.7 Å². The van der Waals surface area contributed by atoms with Crippen LogP contribution in [0, 0.1) is 5.92 Å². The zero-order valence-electron chi connectivity index (χ0n) is 21.2. The fourth-order valence-electron chi connectivity index (χ4n) is 3.59. The first-order valence-corrected chi connectivity index (χ1v) is 17.3. The molecule has 1 saturated carbocycles. The number of imidazole rings is 1. The quantitative estimate of drug-likeness (QED) is 0.575. The van der Waals surface area contributed by atoms with Crippen molar-refractivity contribution in [2.24, 2.45) is 13.0 Å². The highest BCUT2D eigenvalue weighted by molar-refractivity contribution is 6.74. The number of hydrogen-bond acceptors (Lipinski definition) is 4. The van der Waals surface area contributed by atoms with E-state index in [1.807, 2.05) is 19.4 Å². The Bertz CT molecular complexity index is 704. The Morgan fingerprint density at radius 2 is 1.43 bits per heavy atom. The minimum atomic E-state index is -1.97. The lowest BCUT2D eigenvalue weighted by atomic mass is 9.81. The Labute approximate surface area is 186 Å². The van der Waals surface area contributed by atoms with Gasteiger partial charge in [0.05, 0.1) is 18.3 Å². The molecule has 0 amide bonds. The predicted molar refractivity (Wildman–Crippen MR) is 130 cm³/mol. The molecule has 0 saturated heterocycles. The van der Waals surface area contributed by atoms with E-state index in [-0.39, 0.29) is 28.2 Å². The van der Waals surface area contributed by atoms with Crippen molar-refractivity contribution in [1.29, 1.82) is 0 Å². The maximum atomic E-state index is 11.1. The summed E-state index contributed by atoms with van der Waals surface area (Å²) in [5.74, 6) is 1.16. The van der Waals surface area contributed by atoms with E-state index in [1.165, 1.54) is 0 Å². The Hall–Kier alpha value is -0.476. The van der Waals surface area contributed by atoms with E-state index < -0.39 is 22.7 Å². The summed E-state index contributed by atoms with van der Waals surface area (Å²) < 4.78 is 15.8. The zero-order chi connectivity index (χ0) is 23.1. The van der Waals surface area contributed by atoms with E-state index >= 15 is 0 Å². The molecule has 1 heterocycles. The standard InChI is InChI=1S/C23H46N2O3Si2/c1-22(2,3)29(8,9)27-19-14-17(15-21-24-12-13-25(21)7)18(26)16-20(19)28-30(10,11)23(4,5)6/h12-13,17-20,26H,14-16H2,1-11H3/t17-,18+,19-,20+/m1/s1. The molecule has 174 valence electrons. The number of hydrogen-bond donors (Lipinski definition) is 1. The third-order valence-corrected chi connectivity index (χ3v) is 16.8. The van der Waals surface area contributed by atoms with Crippen LogP contribution in [-0.4, -0.2) is 49.6 Å². The summed E-state index contributed by atoms with van der Waals surface area (Å²) in [6, 6.07) is 0. The van der Waals surface area contributed by atoms with Gasteiger partial charge in [-0.1, -0.05) is 41.5 Å². The molecule has 5 nitrogen and oxygen atoms in total. The fourth-order valence-corrected chi connectivity index (χ4v) is 6.31. The van der Waals surface area contributed by atoms with Crippen LogP contribution in [0.3, 0.4) is 0 Å². The molecule has 0 aliphatic heterocycles. The van der Waals surface area contributed by atoms with Gasteiger partial charge in [0, 0.05) is 32.3 Å². The van der Waals surface area contributed by atoms with Gasteiger partial charge in [-0.25, -0.2) is 4.98 Å². The number of nitrogens with zero attached hydrogens (tertiary/aromatic N) is 2. The topological polar surface area (TPSA) is 56.5 Å². The smallest absolute Gasteiger partial charge is 0.192 e. The molecule has 1 aliphatic rings. The molecule has 1 fully saturated rings. The maximum absolute atomic E-state index is 11.1. The molecule has 0 radical (unpaired) electrons. The van der Waals surface area contributed by atoms with Gasteiger partial charge in [0.25, 0.3) is 0 Å². The van der Waals surface area contributed by atoms with Gasteiger partial charge >= 0.3 is 0 Å². The molecule has 0 aromatic carbocycles. The number of rotatable bonds is 6. The summed E-state index contributed by atoms with van der Waals surface area (Å²) in [4.78, 5) is 4.49. The Balaban J connectivity index is 2.28. The molecule has 0 spiro atoms. The lowest BCUT2D eigenvalue weighted by Crippen LogP contribution is -2.56. The second-order valence-electron chi connectivity index (χ2n) is 12.3. The van der Waals surface area contributed by atoms with Gasteiger partial charge in [-0.3, -0.25) is 0 Å². The van der Waals surface area contributed by atoms with Crippen molar-refractivity contribution in [2.45, 2.75) is 115 Å². The van der Waals surface area contributed by atoms with Gasteiger partial charge in [-0.2, -0.15) is 0 Å². The monoisotopic (exact) mass is 454 g/mol. The second kappa shape index (κ2) is 8.81. The average Bonchev–Trinajstić information content (AvgIpc) is 2.94. The van der Waals surface area contributed by atoms with Crippen LogP contribution in [0.5, 0.6) is 0 Å². The predicted octanol–water partition coefficient (Wildman–Crippen LogP) is 5.51. The molecule has 4 atom stereocenters. The van der Waals surface area contributed by atoms with Crippen LogP contribution in [0.15, 0.2) is 12.4 Å². The van der Waals surface area contributed by atoms with Crippen molar-refractivity contribution < 1.29 is 14.0 Å².